The van der Waals surface area contributed by atoms with Gasteiger partial charge < -0.3 is 14.5 Å². The van der Waals surface area contributed by atoms with Gasteiger partial charge in [-0.1, -0.05) is 59.6 Å². The molecule has 36 heavy (non-hydrogen) atoms. The highest BCUT2D eigenvalue weighted by molar-refractivity contribution is 6.30. The van der Waals surface area contributed by atoms with Gasteiger partial charge in [0.05, 0.1) is 17.8 Å². The fourth-order valence-corrected chi connectivity index (χ4v) is 4.35. The summed E-state index contributed by atoms with van der Waals surface area (Å²) < 4.78 is 6.29. The van der Waals surface area contributed by atoms with Gasteiger partial charge in [0.1, 0.15) is 5.75 Å². The number of fused-ring (bicyclic) bond motifs is 1. The summed E-state index contributed by atoms with van der Waals surface area (Å²) in [5.74, 6) is 1.72. The highest BCUT2D eigenvalue weighted by Crippen LogP contribution is 2.32. The number of anilines is 1. The van der Waals surface area contributed by atoms with E-state index in [-0.39, 0.29) is 5.91 Å². The van der Waals surface area contributed by atoms with Gasteiger partial charge in [0.2, 0.25) is 11.8 Å². The van der Waals surface area contributed by atoms with Gasteiger partial charge in [-0.3, -0.25) is 4.79 Å². The normalized spacial score (nSPS) is 12.7. The van der Waals surface area contributed by atoms with Gasteiger partial charge in [-0.2, -0.15) is 4.98 Å². The number of hydrogen-bond acceptors (Lipinski definition) is 5. The second-order valence-corrected chi connectivity index (χ2v) is 9.43. The smallest absolute Gasteiger partial charge is 0.254 e. The SMILES string of the molecule is Cc1ccc(Oc2nc(N(C)Cc3ccccc3)nc3c2CN(C(=O)c2ccc(Cl)cc2)CC3)cc1. The molecule has 1 aromatic heterocycles. The van der Waals surface area contributed by atoms with Gasteiger partial charge in [-0.15, -0.1) is 0 Å². The average molecular weight is 499 g/mol. The van der Waals surface area contributed by atoms with Gasteiger partial charge in [0.15, 0.2) is 0 Å². The predicted octanol–water partition coefficient (Wildman–Crippen LogP) is 6.07. The van der Waals surface area contributed by atoms with Crippen molar-refractivity contribution in [3.8, 4) is 11.6 Å². The van der Waals surface area contributed by atoms with E-state index in [0.29, 0.717) is 54.2 Å². The van der Waals surface area contributed by atoms with Gasteiger partial charge in [0, 0.05) is 37.1 Å². The summed E-state index contributed by atoms with van der Waals surface area (Å²) >= 11 is 6.01. The van der Waals surface area contributed by atoms with Crippen LogP contribution in [0.1, 0.15) is 32.7 Å². The van der Waals surface area contributed by atoms with Crippen molar-refractivity contribution in [1.29, 1.82) is 0 Å². The van der Waals surface area contributed by atoms with E-state index in [0.717, 1.165) is 16.8 Å². The van der Waals surface area contributed by atoms with Gasteiger partial charge in [-0.25, -0.2) is 4.98 Å². The van der Waals surface area contributed by atoms with Crippen LogP contribution in [-0.2, 0) is 19.5 Å². The first-order chi connectivity index (χ1) is 17.5. The molecule has 6 nitrogen and oxygen atoms in total. The quantitative estimate of drug-likeness (QED) is 0.323. The summed E-state index contributed by atoms with van der Waals surface area (Å²) in [6, 6.07) is 25.0. The Kier molecular flexibility index (Phi) is 6.87. The molecule has 4 aromatic rings. The lowest BCUT2D eigenvalue weighted by Crippen LogP contribution is -2.37. The van der Waals surface area contributed by atoms with Gasteiger partial charge in [0.25, 0.3) is 5.91 Å². The van der Waals surface area contributed by atoms with Crippen LogP contribution in [0.25, 0.3) is 0 Å². The molecule has 1 aliphatic rings. The number of hydrogen-bond donors (Lipinski definition) is 0. The number of ether oxygens (including phenoxy) is 1. The number of aryl methyl sites for hydroxylation is 1. The summed E-state index contributed by atoms with van der Waals surface area (Å²) in [7, 11) is 1.98. The van der Waals surface area contributed by atoms with Crippen LogP contribution in [0.4, 0.5) is 5.95 Å². The minimum atomic E-state index is -0.0520. The first-order valence-electron chi connectivity index (χ1n) is 11.9. The minimum absolute atomic E-state index is 0.0520. The Labute approximate surface area is 216 Å². The highest BCUT2D eigenvalue weighted by Gasteiger charge is 2.28. The summed E-state index contributed by atoms with van der Waals surface area (Å²) in [6.07, 6.45) is 0.619. The summed E-state index contributed by atoms with van der Waals surface area (Å²) in [5.41, 5.74) is 4.66. The molecule has 1 aliphatic heterocycles. The molecule has 1 amide bonds. The molecule has 7 heteroatoms. The standard InChI is InChI=1S/C29H27ClN4O2/c1-20-8-14-24(15-9-20)36-27-25-19-34(28(35)22-10-12-23(30)13-11-22)17-16-26(25)31-29(32-27)33(2)18-21-6-4-3-5-7-21/h3-15H,16-19H2,1-2H3. The number of halogens is 1. The molecule has 182 valence electrons. The molecule has 0 bridgehead atoms. The molecule has 0 saturated heterocycles. The molecule has 0 atom stereocenters. The van der Waals surface area contributed by atoms with Crippen molar-refractivity contribution < 1.29 is 9.53 Å². The molecule has 3 aromatic carbocycles. The third-order valence-corrected chi connectivity index (χ3v) is 6.48. The van der Waals surface area contributed by atoms with Crippen molar-refractivity contribution in [3.63, 3.8) is 0 Å². The van der Waals surface area contributed by atoms with E-state index in [1.165, 1.54) is 5.56 Å². The Balaban J connectivity index is 1.46. The Hall–Kier alpha value is -3.90. The second-order valence-electron chi connectivity index (χ2n) is 8.99. The number of amides is 1. The van der Waals surface area contributed by atoms with Crippen LogP contribution in [0.5, 0.6) is 11.6 Å². The third-order valence-electron chi connectivity index (χ3n) is 6.23. The lowest BCUT2D eigenvalue weighted by Gasteiger charge is -2.30. The zero-order valence-electron chi connectivity index (χ0n) is 20.3. The summed E-state index contributed by atoms with van der Waals surface area (Å²) in [4.78, 5) is 26.7. The molecular weight excluding hydrogens is 472 g/mol. The van der Waals surface area contributed by atoms with Crippen molar-refractivity contribution >= 4 is 23.5 Å². The maximum absolute atomic E-state index is 13.2. The number of benzene rings is 3. The van der Waals surface area contributed by atoms with Crippen LogP contribution in [-0.4, -0.2) is 34.4 Å². The van der Waals surface area contributed by atoms with Crippen LogP contribution in [0, 0.1) is 6.92 Å². The number of nitrogens with zero attached hydrogens (tertiary/aromatic N) is 4. The van der Waals surface area contributed by atoms with E-state index in [4.69, 9.17) is 26.3 Å². The summed E-state index contributed by atoms with van der Waals surface area (Å²) in [6.45, 7) is 3.65. The maximum Gasteiger partial charge on any atom is 0.254 e. The maximum atomic E-state index is 13.2. The Morgan fingerprint density at radius 3 is 2.44 bits per heavy atom. The van der Waals surface area contributed by atoms with Gasteiger partial charge in [-0.05, 0) is 48.9 Å². The Bertz CT molecular complexity index is 1360. The fourth-order valence-electron chi connectivity index (χ4n) is 4.22. The van der Waals surface area contributed by atoms with Crippen molar-refractivity contribution in [1.82, 2.24) is 14.9 Å². The van der Waals surface area contributed by atoms with E-state index >= 15 is 0 Å². The van der Waals surface area contributed by atoms with E-state index in [9.17, 15) is 4.79 Å². The van der Waals surface area contributed by atoms with Crippen molar-refractivity contribution in [2.24, 2.45) is 0 Å². The highest BCUT2D eigenvalue weighted by atomic mass is 35.5. The lowest BCUT2D eigenvalue weighted by molar-refractivity contribution is 0.0732. The topological polar surface area (TPSA) is 58.6 Å². The predicted molar refractivity (Wildman–Crippen MR) is 142 cm³/mol. The molecule has 0 fully saturated rings. The number of carbonyl (C=O) groups is 1. The number of carbonyl (C=O) groups excluding carboxylic acids is 1. The first-order valence-corrected chi connectivity index (χ1v) is 12.3. The fraction of sp³-hybridized carbons (Fsp3) is 0.207. The molecule has 0 radical (unpaired) electrons. The lowest BCUT2D eigenvalue weighted by atomic mass is 10.1. The largest absolute Gasteiger partial charge is 0.438 e. The molecule has 0 N–H and O–H groups in total. The first kappa shape index (κ1) is 23.8. The van der Waals surface area contributed by atoms with Crippen LogP contribution in [0.15, 0.2) is 78.9 Å². The van der Waals surface area contributed by atoms with Gasteiger partial charge >= 0.3 is 0 Å². The third kappa shape index (κ3) is 5.34. The molecule has 0 spiro atoms. The van der Waals surface area contributed by atoms with Crippen LogP contribution < -0.4 is 9.64 Å². The van der Waals surface area contributed by atoms with Crippen molar-refractivity contribution in [3.05, 3.63) is 112 Å². The second kappa shape index (κ2) is 10.4. The molecule has 0 saturated carbocycles. The van der Waals surface area contributed by atoms with Crippen molar-refractivity contribution in [2.75, 3.05) is 18.5 Å². The molecule has 0 aliphatic carbocycles. The monoisotopic (exact) mass is 498 g/mol. The Morgan fingerprint density at radius 1 is 1.00 bits per heavy atom. The number of rotatable bonds is 6. The Morgan fingerprint density at radius 2 is 1.72 bits per heavy atom. The zero-order chi connectivity index (χ0) is 25.1. The number of aromatic nitrogens is 2. The zero-order valence-corrected chi connectivity index (χ0v) is 21.1. The minimum Gasteiger partial charge on any atom is -0.438 e. The summed E-state index contributed by atoms with van der Waals surface area (Å²) in [5, 5.41) is 0.602. The van der Waals surface area contributed by atoms with E-state index in [1.54, 1.807) is 24.3 Å². The van der Waals surface area contributed by atoms with E-state index < -0.39 is 0 Å². The molecule has 2 heterocycles. The van der Waals surface area contributed by atoms with Crippen molar-refractivity contribution in [2.45, 2.75) is 26.4 Å². The molecule has 0 unspecified atom stereocenters. The van der Waals surface area contributed by atoms with Crippen LogP contribution in [0.2, 0.25) is 5.02 Å². The average Bonchev–Trinajstić information content (AvgIpc) is 2.90. The van der Waals surface area contributed by atoms with Crippen LogP contribution in [0.3, 0.4) is 0 Å². The van der Waals surface area contributed by atoms with E-state index in [1.807, 2.05) is 66.2 Å². The molecular formula is C29H27ClN4O2. The van der Waals surface area contributed by atoms with E-state index in [2.05, 4.69) is 12.1 Å². The molecule has 5 rings (SSSR count). The van der Waals surface area contributed by atoms with Crippen LogP contribution >= 0.6 is 11.6 Å².